The highest BCUT2D eigenvalue weighted by atomic mass is 35.5. The molecular formula is C26H23ClN4O4. The lowest BCUT2D eigenvalue weighted by atomic mass is 10.1. The predicted octanol–water partition coefficient (Wildman–Crippen LogP) is 6.22. The van der Waals surface area contributed by atoms with Crippen LogP contribution in [0, 0.1) is 10.1 Å². The van der Waals surface area contributed by atoms with Crippen LogP contribution in [0.1, 0.15) is 41.1 Å². The van der Waals surface area contributed by atoms with Crippen LogP contribution in [-0.4, -0.2) is 28.9 Å². The molecule has 35 heavy (non-hydrogen) atoms. The summed E-state index contributed by atoms with van der Waals surface area (Å²) in [7, 11) is 0. The Hall–Kier alpha value is -3.91. The van der Waals surface area contributed by atoms with Crippen LogP contribution in [0.3, 0.4) is 0 Å². The first-order valence-corrected chi connectivity index (χ1v) is 11.8. The van der Waals surface area contributed by atoms with E-state index >= 15 is 0 Å². The number of nitro groups is 1. The Labute approximate surface area is 206 Å². The number of carbonyl (C=O) groups excluding carboxylic acids is 1. The van der Waals surface area contributed by atoms with Crippen molar-refractivity contribution in [3.63, 3.8) is 0 Å². The van der Waals surface area contributed by atoms with Crippen molar-refractivity contribution in [2.45, 2.75) is 25.7 Å². The number of hydrogen-bond acceptors (Lipinski definition) is 6. The summed E-state index contributed by atoms with van der Waals surface area (Å²) in [6, 6.07) is 17.3. The van der Waals surface area contributed by atoms with E-state index in [4.69, 9.17) is 16.0 Å². The Kier molecular flexibility index (Phi) is 6.37. The number of nitrogens with zero attached hydrogens (tertiary/aromatic N) is 3. The molecule has 0 spiro atoms. The lowest BCUT2D eigenvalue weighted by Crippen LogP contribution is -2.30. The van der Waals surface area contributed by atoms with Crippen LogP contribution in [0.25, 0.3) is 11.1 Å². The largest absolute Gasteiger partial charge is 0.440 e. The van der Waals surface area contributed by atoms with E-state index in [0.29, 0.717) is 39.8 Å². The second kappa shape index (κ2) is 9.76. The van der Waals surface area contributed by atoms with Gasteiger partial charge >= 0.3 is 0 Å². The highest BCUT2D eigenvalue weighted by Gasteiger charge is 2.23. The Morgan fingerprint density at radius 3 is 2.57 bits per heavy atom. The van der Waals surface area contributed by atoms with Crippen molar-refractivity contribution in [3.8, 4) is 0 Å². The summed E-state index contributed by atoms with van der Waals surface area (Å²) in [6.07, 6.45) is 3.64. The number of aromatic nitrogens is 1. The minimum atomic E-state index is -0.421. The van der Waals surface area contributed by atoms with Crippen molar-refractivity contribution >= 4 is 45.7 Å². The Morgan fingerprint density at radius 1 is 1.06 bits per heavy atom. The molecule has 0 bridgehead atoms. The molecule has 2 heterocycles. The highest BCUT2D eigenvalue weighted by molar-refractivity contribution is 6.31. The third kappa shape index (κ3) is 5.12. The molecule has 0 saturated carbocycles. The molecule has 0 aliphatic carbocycles. The number of piperidine rings is 1. The number of hydrogen-bond donors (Lipinski definition) is 1. The van der Waals surface area contributed by atoms with E-state index in [1.54, 1.807) is 42.5 Å². The summed E-state index contributed by atoms with van der Waals surface area (Å²) >= 11 is 6.01. The Balaban J connectivity index is 1.27. The maximum absolute atomic E-state index is 12.8. The monoisotopic (exact) mass is 490 g/mol. The zero-order valence-corrected chi connectivity index (χ0v) is 19.6. The first kappa shape index (κ1) is 22.9. The summed E-state index contributed by atoms with van der Waals surface area (Å²) in [5, 5.41) is 15.1. The molecule has 178 valence electrons. The molecule has 0 radical (unpaired) electrons. The Bertz CT molecular complexity index is 1390. The lowest BCUT2D eigenvalue weighted by molar-refractivity contribution is -0.384. The van der Waals surface area contributed by atoms with Crippen LogP contribution in [0.15, 0.2) is 65.1 Å². The number of amides is 1. The smallest absolute Gasteiger partial charge is 0.293 e. The molecular weight excluding hydrogens is 468 g/mol. The van der Waals surface area contributed by atoms with Crippen molar-refractivity contribution in [1.82, 2.24) is 4.98 Å². The van der Waals surface area contributed by atoms with Gasteiger partial charge in [-0.15, -0.1) is 0 Å². The van der Waals surface area contributed by atoms with E-state index in [0.717, 1.165) is 37.9 Å². The number of nitro benzene ring substituents is 1. The topological polar surface area (TPSA) is 102 Å². The van der Waals surface area contributed by atoms with Crippen LogP contribution in [-0.2, 0) is 6.42 Å². The van der Waals surface area contributed by atoms with Crippen LogP contribution in [0.4, 0.5) is 17.1 Å². The van der Waals surface area contributed by atoms with Gasteiger partial charge < -0.3 is 14.6 Å². The van der Waals surface area contributed by atoms with Gasteiger partial charge in [-0.05, 0) is 67.3 Å². The van der Waals surface area contributed by atoms with E-state index in [2.05, 4.69) is 10.3 Å². The number of fused-ring (bicyclic) bond motifs is 1. The number of carbonyl (C=O) groups is 1. The fourth-order valence-electron chi connectivity index (χ4n) is 4.32. The van der Waals surface area contributed by atoms with Crippen molar-refractivity contribution in [2.24, 2.45) is 0 Å². The van der Waals surface area contributed by atoms with E-state index < -0.39 is 10.8 Å². The second-order valence-electron chi connectivity index (χ2n) is 8.56. The summed E-state index contributed by atoms with van der Waals surface area (Å²) < 4.78 is 5.77. The van der Waals surface area contributed by atoms with Gasteiger partial charge in [-0.3, -0.25) is 14.9 Å². The van der Waals surface area contributed by atoms with Crippen LogP contribution < -0.4 is 10.2 Å². The maximum Gasteiger partial charge on any atom is 0.293 e. The van der Waals surface area contributed by atoms with Crippen LogP contribution in [0.2, 0.25) is 5.02 Å². The van der Waals surface area contributed by atoms with Crippen molar-refractivity contribution in [3.05, 3.63) is 92.8 Å². The number of nitrogens with one attached hydrogen (secondary N) is 1. The van der Waals surface area contributed by atoms with E-state index in [9.17, 15) is 14.9 Å². The number of benzene rings is 3. The molecule has 0 atom stereocenters. The van der Waals surface area contributed by atoms with Crippen LogP contribution >= 0.6 is 11.6 Å². The molecule has 3 aromatic carbocycles. The molecule has 1 aliphatic rings. The molecule has 1 N–H and O–H groups in total. The van der Waals surface area contributed by atoms with Gasteiger partial charge in [0.2, 0.25) is 0 Å². The lowest BCUT2D eigenvalue weighted by Gasteiger charge is -2.28. The third-order valence-corrected chi connectivity index (χ3v) is 6.33. The SMILES string of the molecule is O=C(Nc1ccc(Cc2nc3cc(Cl)ccc3o2)cc1)c1ccc(N2CCCCC2)c([N+](=O)[O-])c1. The number of rotatable bonds is 6. The molecule has 8 nitrogen and oxygen atoms in total. The summed E-state index contributed by atoms with van der Waals surface area (Å²) in [4.78, 5) is 30.5. The van der Waals surface area contributed by atoms with Gasteiger partial charge in [-0.1, -0.05) is 23.7 Å². The molecule has 1 saturated heterocycles. The molecule has 0 unspecified atom stereocenters. The predicted molar refractivity (Wildman–Crippen MR) is 135 cm³/mol. The zero-order valence-electron chi connectivity index (χ0n) is 18.9. The molecule has 5 rings (SSSR count). The van der Waals surface area contributed by atoms with Gasteiger partial charge in [0.25, 0.3) is 11.6 Å². The first-order chi connectivity index (χ1) is 17.0. The standard InChI is InChI=1S/C26H23ClN4O4/c27-19-7-11-24-21(16-19)29-25(35-24)14-17-4-8-20(9-5-17)28-26(32)18-6-10-22(23(15-18)31(33)34)30-12-2-1-3-13-30/h4-11,15-16H,1-3,12-14H2,(H,28,32). The fourth-order valence-corrected chi connectivity index (χ4v) is 4.49. The molecule has 1 fully saturated rings. The molecule has 9 heteroatoms. The average Bonchev–Trinajstić information content (AvgIpc) is 3.26. The van der Waals surface area contributed by atoms with Gasteiger partial charge in [0, 0.05) is 41.9 Å². The van der Waals surface area contributed by atoms with Gasteiger partial charge in [0.15, 0.2) is 11.5 Å². The van der Waals surface area contributed by atoms with E-state index in [1.807, 2.05) is 17.0 Å². The zero-order chi connectivity index (χ0) is 24.4. The normalized spacial score (nSPS) is 13.7. The van der Waals surface area contributed by atoms with Gasteiger partial charge in [-0.25, -0.2) is 4.98 Å². The van der Waals surface area contributed by atoms with Gasteiger partial charge in [0.1, 0.15) is 11.2 Å². The molecule has 1 aromatic heterocycles. The van der Waals surface area contributed by atoms with Gasteiger partial charge in [-0.2, -0.15) is 0 Å². The van der Waals surface area contributed by atoms with Crippen molar-refractivity contribution < 1.29 is 14.1 Å². The second-order valence-corrected chi connectivity index (χ2v) is 8.99. The van der Waals surface area contributed by atoms with Crippen molar-refractivity contribution in [2.75, 3.05) is 23.3 Å². The third-order valence-electron chi connectivity index (χ3n) is 6.09. The molecule has 1 amide bonds. The number of anilines is 2. The van der Waals surface area contributed by atoms with Crippen LogP contribution in [0.5, 0.6) is 0 Å². The minimum absolute atomic E-state index is 0.0467. The maximum atomic E-state index is 12.8. The Morgan fingerprint density at radius 2 is 1.83 bits per heavy atom. The quantitative estimate of drug-likeness (QED) is 0.254. The summed E-state index contributed by atoms with van der Waals surface area (Å²) in [5.41, 5.74) is 3.69. The number of oxazole rings is 1. The highest BCUT2D eigenvalue weighted by Crippen LogP contribution is 2.31. The van der Waals surface area contributed by atoms with E-state index in [1.165, 1.54) is 6.07 Å². The summed E-state index contributed by atoms with van der Waals surface area (Å²) in [6.45, 7) is 1.58. The average molecular weight is 491 g/mol. The summed E-state index contributed by atoms with van der Waals surface area (Å²) in [5.74, 6) is 0.169. The first-order valence-electron chi connectivity index (χ1n) is 11.4. The van der Waals surface area contributed by atoms with Gasteiger partial charge in [0.05, 0.1) is 4.92 Å². The number of halogens is 1. The minimum Gasteiger partial charge on any atom is -0.440 e. The fraction of sp³-hybridized carbons (Fsp3) is 0.231. The van der Waals surface area contributed by atoms with E-state index in [-0.39, 0.29) is 11.3 Å². The molecule has 4 aromatic rings. The van der Waals surface area contributed by atoms with Crippen molar-refractivity contribution in [1.29, 1.82) is 0 Å². The molecule has 1 aliphatic heterocycles.